The van der Waals surface area contributed by atoms with Gasteiger partial charge in [-0.2, -0.15) is 0 Å². The Morgan fingerprint density at radius 1 is 1.12 bits per heavy atom. The number of anilines is 3. The average Bonchev–Trinajstić information content (AvgIpc) is 2.39. The Labute approximate surface area is 94.7 Å². The maximum absolute atomic E-state index is 5.33. The van der Waals surface area contributed by atoms with Crippen molar-refractivity contribution in [1.29, 1.82) is 0 Å². The lowest BCUT2D eigenvalue weighted by Gasteiger charge is -2.19. The van der Waals surface area contributed by atoms with Gasteiger partial charge in [-0.1, -0.05) is 18.2 Å². The fourth-order valence-corrected chi connectivity index (χ4v) is 1.51. The van der Waals surface area contributed by atoms with Crippen LogP contribution in [0.2, 0.25) is 0 Å². The van der Waals surface area contributed by atoms with E-state index in [4.69, 9.17) is 5.84 Å². The number of hydrogen-bond donors (Lipinski definition) is 2. The summed E-state index contributed by atoms with van der Waals surface area (Å²) in [4.78, 5) is 6.14. The van der Waals surface area contributed by atoms with Crippen molar-refractivity contribution >= 4 is 17.2 Å². The number of nitrogens with zero attached hydrogens (tertiary/aromatic N) is 2. The van der Waals surface area contributed by atoms with Crippen molar-refractivity contribution in [3.63, 3.8) is 0 Å². The highest BCUT2D eigenvalue weighted by molar-refractivity contribution is 5.64. The molecule has 0 saturated heterocycles. The van der Waals surface area contributed by atoms with Crippen LogP contribution in [0.15, 0.2) is 48.7 Å². The summed E-state index contributed by atoms with van der Waals surface area (Å²) in [6, 6.07) is 14.0. The lowest BCUT2D eigenvalue weighted by atomic mass is 10.2. The van der Waals surface area contributed by atoms with E-state index in [1.807, 2.05) is 37.4 Å². The zero-order valence-corrected chi connectivity index (χ0v) is 9.09. The van der Waals surface area contributed by atoms with E-state index < -0.39 is 0 Å². The molecule has 4 heteroatoms. The van der Waals surface area contributed by atoms with Crippen LogP contribution in [0.1, 0.15) is 0 Å². The first kappa shape index (κ1) is 10.4. The van der Waals surface area contributed by atoms with Gasteiger partial charge in [0.15, 0.2) is 0 Å². The summed E-state index contributed by atoms with van der Waals surface area (Å²) < 4.78 is 0. The first-order valence-corrected chi connectivity index (χ1v) is 5.02. The third kappa shape index (κ3) is 2.12. The minimum absolute atomic E-state index is 0.653. The third-order valence-corrected chi connectivity index (χ3v) is 2.42. The van der Waals surface area contributed by atoms with Crippen molar-refractivity contribution in [3.8, 4) is 0 Å². The van der Waals surface area contributed by atoms with E-state index in [1.165, 1.54) is 0 Å². The molecule has 1 aromatic heterocycles. The summed E-state index contributed by atoms with van der Waals surface area (Å²) in [5.41, 5.74) is 4.69. The Morgan fingerprint density at radius 3 is 2.56 bits per heavy atom. The minimum atomic E-state index is 0.653. The van der Waals surface area contributed by atoms with Gasteiger partial charge in [0.1, 0.15) is 5.82 Å². The van der Waals surface area contributed by atoms with E-state index in [0.717, 1.165) is 11.4 Å². The van der Waals surface area contributed by atoms with E-state index in [0.29, 0.717) is 5.82 Å². The SMILES string of the molecule is CN(c1ccccc1)c1ccnc(NN)c1. The number of rotatable bonds is 3. The standard InChI is InChI=1S/C12H14N4/c1-16(10-5-3-2-4-6-10)11-7-8-14-12(9-11)15-13/h2-9H,13H2,1H3,(H,14,15). The zero-order valence-electron chi connectivity index (χ0n) is 9.09. The lowest BCUT2D eigenvalue weighted by molar-refractivity contribution is 1.17. The second-order valence-corrected chi connectivity index (χ2v) is 3.44. The van der Waals surface area contributed by atoms with Crippen LogP contribution in [-0.2, 0) is 0 Å². The summed E-state index contributed by atoms with van der Waals surface area (Å²) in [6.45, 7) is 0. The molecule has 0 atom stereocenters. The number of nitrogens with two attached hydrogens (primary N) is 1. The van der Waals surface area contributed by atoms with Gasteiger partial charge in [-0.3, -0.25) is 0 Å². The molecule has 82 valence electrons. The Kier molecular flexibility index (Phi) is 3.03. The molecule has 0 unspecified atom stereocenters. The topological polar surface area (TPSA) is 54.2 Å². The van der Waals surface area contributed by atoms with Gasteiger partial charge in [-0.05, 0) is 18.2 Å². The molecule has 1 heterocycles. The molecule has 0 aliphatic rings. The molecule has 0 radical (unpaired) electrons. The number of para-hydroxylation sites is 1. The Balaban J connectivity index is 2.30. The number of benzene rings is 1. The number of nitrogen functional groups attached to an aromatic ring is 1. The fraction of sp³-hybridized carbons (Fsp3) is 0.0833. The van der Waals surface area contributed by atoms with Gasteiger partial charge >= 0.3 is 0 Å². The molecule has 2 rings (SSSR count). The van der Waals surface area contributed by atoms with E-state index in [1.54, 1.807) is 6.20 Å². The fourth-order valence-electron chi connectivity index (χ4n) is 1.51. The summed E-state index contributed by atoms with van der Waals surface area (Å²) >= 11 is 0. The molecular formula is C12H14N4. The zero-order chi connectivity index (χ0) is 11.4. The van der Waals surface area contributed by atoms with E-state index in [9.17, 15) is 0 Å². The second kappa shape index (κ2) is 4.63. The molecule has 3 N–H and O–H groups in total. The van der Waals surface area contributed by atoms with Crippen LogP contribution >= 0.6 is 0 Å². The molecule has 0 aliphatic heterocycles. The number of hydrazine groups is 1. The number of aromatic nitrogens is 1. The van der Waals surface area contributed by atoms with E-state index in [-0.39, 0.29) is 0 Å². The molecule has 0 bridgehead atoms. The monoisotopic (exact) mass is 214 g/mol. The van der Waals surface area contributed by atoms with Crippen LogP contribution in [0, 0.1) is 0 Å². The molecule has 0 spiro atoms. The number of hydrogen-bond acceptors (Lipinski definition) is 4. The van der Waals surface area contributed by atoms with Crippen molar-refractivity contribution in [2.24, 2.45) is 5.84 Å². The van der Waals surface area contributed by atoms with Crippen LogP contribution in [-0.4, -0.2) is 12.0 Å². The minimum Gasteiger partial charge on any atom is -0.344 e. The van der Waals surface area contributed by atoms with Crippen LogP contribution in [0.3, 0.4) is 0 Å². The normalized spacial score (nSPS) is 9.88. The molecule has 0 fully saturated rings. The van der Waals surface area contributed by atoms with Gasteiger partial charge in [0.2, 0.25) is 0 Å². The Bertz CT molecular complexity index is 456. The van der Waals surface area contributed by atoms with Crippen LogP contribution < -0.4 is 16.2 Å². The molecule has 0 amide bonds. The summed E-state index contributed by atoms with van der Waals surface area (Å²) in [5.74, 6) is 5.98. The molecule has 4 nitrogen and oxygen atoms in total. The van der Waals surface area contributed by atoms with Crippen molar-refractivity contribution in [2.75, 3.05) is 17.4 Å². The van der Waals surface area contributed by atoms with Crippen LogP contribution in [0.4, 0.5) is 17.2 Å². The largest absolute Gasteiger partial charge is 0.344 e. The summed E-state index contributed by atoms with van der Waals surface area (Å²) in [6.07, 6.45) is 1.73. The molecule has 0 aliphatic carbocycles. The Hall–Kier alpha value is -2.07. The van der Waals surface area contributed by atoms with Gasteiger partial charge in [0.25, 0.3) is 0 Å². The predicted molar refractivity (Wildman–Crippen MR) is 66.6 cm³/mol. The Morgan fingerprint density at radius 2 is 1.88 bits per heavy atom. The van der Waals surface area contributed by atoms with Gasteiger partial charge in [0, 0.05) is 30.7 Å². The maximum atomic E-state index is 5.33. The predicted octanol–water partition coefficient (Wildman–Crippen LogP) is 2.14. The van der Waals surface area contributed by atoms with Gasteiger partial charge in [-0.15, -0.1) is 0 Å². The van der Waals surface area contributed by atoms with Crippen molar-refractivity contribution < 1.29 is 0 Å². The van der Waals surface area contributed by atoms with E-state index >= 15 is 0 Å². The van der Waals surface area contributed by atoms with Gasteiger partial charge in [0.05, 0.1) is 0 Å². The van der Waals surface area contributed by atoms with Crippen molar-refractivity contribution in [1.82, 2.24) is 4.98 Å². The highest BCUT2D eigenvalue weighted by Gasteiger charge is 2.03. The third-order valence-electron chi connectivity index (χ3n) is 2.42. The summed E-state index contributed by atoms with van der Waals surface area (Å²) in [7, 11) is 2.00. The maximum Gasteiger partial charge on any atom is 0.141 e. The lowest BCUT2D eigenvalue weighted by Crippen LogP contribution is -2.12. The van der Waals surface area contributed by atoms with Crippen LogP contribution in [0.25, 0.3) is 0 Å². The van der Waals surface area contributed by atoms with E-state index in [2.05, 4.69) is 27.4 Å². The second-order valence-electron chi connectivity index (χ2n) is 3.44. The smallest absolute Gasteiger partial charge is 0.141 e. The molecule has 0 saturated carbocycles. The average molecular weight is 214 g/mol. The summed E-state index contributed by atoms with van der Waals surface area (Å²) in [5, 5.41) is 0. The first-order valence-electron chi connectivity index (χ1n) is 5.02. The number of pyridine rings is 1. The molecule has 2 aromatic rings. The van der Waals surface area contributed by atoms with Crippen molar-refractivity contribution in [2.45, 2.75) is 0 Å². The molecular weight excluding hydrogens is 200 g/mol. The van der Waals surface area contributed by atoms with Crippen LogP contribution in [0.5, 0.6) is 0 Å². The number of nitrogens with one attached hydrogen (secondary N) is 1. The first-order chi connectivity index (χ1) is 7.81. The molecule has 1 aromatic carbocycles. The van der Waals surface area contributed by atoms with Crippen molar-refractivity contribution in [3.05, 3.63) is 48.7 Å². The van der Waals surface area contributed by atoms with Gasteiger partial charge < -0.3 is 10.3 Å². The van der Waals surface area contributed by atoms with Gasteiger partial charge in [-0.25, -0.2) is 10.8 Å². The highest BCUT2D eigenvalue weighted by Crippen LogP contribution is 2.23. The molecule has 16 heavy (non-hydrogen) atoms. The highest BCUT2D eigenvalue weighted by atomic mass is 15.2. The quantitative estimate of drug-likeness (QED) is 0.607.